The third kappa shape index (κ3) is 17.3. The molecule has 0 fully saturated rings. The van der Waals surface area contributed by atoms with Gasteiger partial charge in [0.2, 0.25) is 0 Å². The van der Waals surface area contributed by atoms with E-state index in [-0.39, 0.29) is 0 Å². The first-order chi connectivity index (χ1) is 65.3. The van der Waals surface area contributed by atoms with Gasteiger partial charge in [-0.3, -0.25) is 15.0 Å². The molecule has 0 atom stereocenters. The number of aromatic nitrogens is 9. The van der Waals surface area contributed by atoms with Crippen LogP contribution in [0.1, 0.15) is 0 Å². The third-order valence-corrected chi connectivity index (χ3v) is 24.2. The van der Waals surface area contributed by atoms with Crippen LogP contribution in [-0.4, -0.2) is 44.9 Å². The second-order valence-corrected chi connectivity index (χ2v) is 32.9. The zero-order valence-corrected chi connectivity index (χ0v) is 71.8. The molecule has 0 N–H and O–H groups in total. The average molecular weight is 1690 g/mol. The molecule has 24 rings (SSSR count). The molecule has 618 valence electrons. The lowest BCUT2D eigenvalue weighted by molar-refractivity contribution is 1.32. The first-order valence-corrected chi connectivity index (χ1v) is 44.3. The quantitative estimate of drug-likeness (QED) is 0.0989. The third-order valence-electron chi connectivity index (χ3n) is 24.2. The molecule has 0 bridgehead atoms. The van der Waals surface area contributed by atoms with E-state index in [1.165, 1.54) is 0 Å². The molecule has 9 heteroatoms. The Morgan fingerprint density at radius 1 is 0.121 bits per heavy atom. The van der Waals surface area contributed by atoms with Gasteiger partial charge in [-0.15, -0.1) is 0 Å². The maximum absolute atomic E-state index is 5.11. The van der Waals surface area contributed by atoms with E-state index in [9.17, 15) is 0 Å². The van der Waals surface area contributed by atoms with Crippen LogP contribution in [0.25, 0.3) is 233 Å². The van der Waals surface area contributed by atoms with Crippen LogP contribution in [0.3, 0.4) is 0 Å². The number of nitrogens with zero attached hydrogens (tertiary/aromatic N) is 9. The van der Waals surface area contributed by atoms with Gasteiger partial charge >= 0.3 is 0 Å². The number of hydrogen-bond donors (Lipinski definition) is 0. The summed E-state index contributed by atoms with van der Waals surface area (Å²) in [5.74, 6) is 0. The van der Waals surface area contributed by atoms with E-state index in [0.29, 0.717) is 0 Å². The van der Waals surface area contributed by atoms with Crippen LogP contribution in [0.4, 0.5) is 0 Å². The molecule has 9 heterocycles. The molecule has 0 aliphatic heterocycles. The number of benzene rings is 15. The van der Waals surface area contributed by atoms with E-state index < -0.39 is 0 Å². The van der Waals surface area contributed by atoms with E-state index in [1.54, 1.807) is 0 Å². The van der Waals surface area contributed by atoms with E-state index in [2.05, 4.69) is 388 Å². The number of rotatable bonds is 15. The summed E-state index contributed by atoms with van der Waals surface area (Å²) >= 11 is 0. The lowest BCUT2D eigenvalue weighted by atomic mass is 9.93. The lowest BCUT2D eigenvalue weighted by Crippen LogP contribution is -1.94. The van der Waals surface area contributed by atoms with Crippen LogP contribution >= 0.6 is 0 Å². The van der Waals surface area contributed by atoms with Crippen LogP contribution < -0.4 is 0 Å². The Morgan fingerprint density at radius 2 is 0.364 bits per heavy atom. The Kier molecular flexibility index (Phi) is 22.0. The highest BCUT2D eigenvalue weighted by Gasteiger charge is 2.20. The van der Waals surface area contributed by atoms with Gasteiger partial charge in [-0.2, -0.15) is 0 Å². The number of para-hydroxylation sites is 3. The van der Waals surface area contributed by atoms with Gasteiger partial charge in [0.15, 0.2) is 0 Å². The normalized spacial score (nSPS) is 11.2. The second kappa shape index (κ2) is 36.3. The van der Waals surface area contributed by atoms with Crippen molar-refractivity contribution in [3.8, 4) is 168 Å². The maximum Gasteiger partial charge on any atom is 0.0780 e. The zero-order valence-electron chi connectivity index (χ0n) is 71.8. The Bertz CT molecular complexity index is 7670. The molecule has 0 aliphatic rings. The van der Waals surface area contributed by atoms with Crippen molar-refractivity contribution in [1.29, 1.82) is 0 Å². The highest BCUT2D eigenvalue weighted by Crippen LogP contribution is 2.43. The first-order valence-electron chi connectivity index (χ1n) is 44.3. The van der Waals surface area contributed by atoms with Crippen molar-refractivity contribution in [2.24, 2.45) is 0 Å². The SMILES string of the molecule is c1ccc(-c2cc(-c3cc(-c4cc5ccccc5cn4)cc(-c4ccc5ccccc5n4)c3)cc(-c3ccccc3)n2)cc1.c1ccc(-c2cc(-c3cc(-c4cc5ccccc5cn4)cc(-c4nccc5ccccc45)c3)cc(-c3ccccc3)n2)cc1.c1ccc(-c2cc(-c3cc(-c4ccc5ccccc5n4)cc(-c4ccc5ccccc5n4)c3)cc(-c3ccccc3)n2)cc1. The Hall–Kier alpha value is -17.8. The summed E-state index contributed by atoms with van der Waals surface area (Å²) in [6.45, 7) is 0. The summed E-state index contributed by atoms with van der Waals surface area (Å²) in [6.07, 6.45) is 5.81. The molecule has 24 aromatic rings. The van der Waals surface area contributed by atoms with Crippen LogP contribution in [-0.2, 0) is 0 Å². The van der Waals surface area contributed by atoms with Gasteiger partial charge in [0.25, 0.3) is 0 Å². The summed E-state index contributed by atoms with van der Waals surface area (Å²) in [4.78, 5) is 45.2. The molecular formula is C123H81N9. The smallest absolute Gasteiger partial charge is 0.0780 e. The molecule has 0 amide bonds. The molecule has 9 aromatic heterocycles. The number of fused-ring (bicyclic) bond motifs is 6. The van der Waals surface area contributed by atoms with E-state index in [4.69, 9.17) is 44.9 Å². The van der Waals surface area contributed by atoms with Crippen molar-refractivity contribution in [2.75, 3.05) is 0 Å². The van der Waals surface area contributed by atoms with Gasteiger partial charge in [0, 0.05) is 118 Å². The van der Waals surface area contributed by atoms with Crippen LogP contribution in [0.15, 0.2) is 492 Å². The van der Waals surface area contributed by atoms with E-state index in [0.717, 1.165) is 233 Å². The molecule has 132 heavy (non-hydrogen) atoms. The largest absolute Gasteiger partial charge is 0.256 e. The summed E-state index contributed by atoms with van der Waals surface area (Å²) in [5.41, 5.74) is 33.3. The fourth-order valence-corrected chi connectivity index (χ4v) is 17.4. The summed E-state index contributed by atoms with van der Waals surface area (Å²) in [7, 11) is 0. The van der Waals surface area contributed by atoms with Gasteiger partial charge in [0.1, 0.15) is 0 Å². The molecule has 0 radical (unpaired) electrons. The van der Waals surface area contributed by atoms with Crippen molar-refractivity contribution >= 4 is 65.0 Å². The molecule has 15 aromatic carbocycles. The Morgan fingerprint density at radius 3 is 0.689 bits per heavy atom. The predicted octanol–water partition coefficient (Wildman–Crippen LogP) is 31.5. The van der Waals surface area contributed by atoms with Gasteiger partial charge in [-0.1, -0.05) is 328 Å². The van der Waals surface area contributed by atoms with Crippen LogP contribution in [0.2, 0.25) is 0 Å². The van der Waals surface area contributed by atoms with Gasteiger partial charge in [0.05, 0.1) is 84.9 Å². The zero-order chi connectivity index (χ0) is 87.9. The minimum Gasteiger partial charge on any atom is -0.256 e. The highest BCUT2D eigenvalue weighted by molar-refractivity contribution is 5.98. The molecule has 9 nitrogen and oxygen atoms in total. The van der Waals surface area contributed by atoms with Crippen molar-refractivity contribution in [3.63, 3.8) is 0 Å². The summed E-state index contributed by atoms with van der Waals surface area (Å²) in [6, 6.07) is 164. The fourth-order valence-electron chi connectivity index (χ4n) is 17.4. The summed E-state index contributed by atoms with van der Waals surface area (Å²) < 4.78 is 0. The van der Waals surface area contributed by atoms with E-state index >= 15 is 0 Å². The lowest BCUT2D eigenvalue weighted by Gasteiger charge is -2.14. The van der Waals surface area contributed by atoms with Gasteiger partial charge in [-0.05, 0) is 195 Å². The van der Waals surface area contributed by atoms with Crippen molar-refractivity contribution in [2.45, 2.75) is 0 Å². The van der Waals surface area contributed by atoms with Crippen LogP contribution in [0.5, 0.6) is 0 Å². The number of pyridine rings is 9. The topological polar surface area (TPSA) is 116 Å². The van der Waals surface area contributed by atoms with Crippen molar-refractivity contribution in [1.82, 2.24) is 44.9 Å². The highest BCUT2D eigenvalue weighted by atomic mass is 14.8. The van der Waals surface area contributed by atoms with Crippen LogP contribution in [0, 0.1) is 0 Å². The van der Waals surface area contributed by atoms with Gasteiger partial charge < -0.3 is 0 Å². The monoisotopic (exact) mass is 1680 g/mol. The predicted molar refractivity (Wildman–Crippen MR) is 546 cm³/mol. The standard InChI is InChI=1S/3C41H27N3/c1-3-11-28(12-4-1)40-26-33(27-41(44-40)29-13-5-2-6-14-29)32-23-34(38-21-19-30-15-7-9-17-36(30)42-38)25-35(24-32)39-22-20-31-16-8-10-18-37(31)43-39;1-3-12-29(13-4-1)39-25-34(26-40(44-39)30-14-5-2-6-15-30)33-21-35(38-24-31-16-7-8-17-32(31)27-43-38)23-36(22-33)41-37-18-10-9-11-28(37)19-20-42-41;1-3-11-28(12-4-1)40-25-34(26-41(44-40)29-13-5-2-6-14-29)33-21-35(38-20-19-30-15-9-10-18-37(30)43-38)23-36(22-33)39-24-31-16-7-8-17-32(31)27-42-39/h3*1-27H. The summed E-state index contributed by atoms with van der Waals surface area (Å²) in [5, 5.41) is 10.2. The fraction of sp³-hybridized carbons (Fsp3) is 0. The van der Waals surface area contributed by atoms with E-state index in [1.807, 2.05) is 104 Å². The van der Waals surface area contributed by atoms with Crippen molar-refractivity contribution < 1.29 is 0 Å². The maximum atomic E-state index is 5.11. The van der Waals surface area contributed by atoms with Gasteiger partial charge in [-0.25, -0.2) is 29.9 Å². The Balaban J connectivity index is 0.000000116. The number of hydrogen-bond acceptors (Lipinski definition) is 9. The molecule has 0 saturated carbocycles. The Labute approximate surface area is 764 Å². The molecule has 0 saturated heterocycles. The molecule has 0 spiro atoms. The average Bonchev–Trinajstić information content (AvgIpc) is 0.781. The van der Waals surface area contributed by atoms with Crippen molar-refractivity contribution in [3.05, 3.63) is 492 Å². The first kappa shape index (κ1) is 80.1. The minimum atomic E-state index is 0.924. The molecule has 0 unspecified atom stereocenters. The minimum absolute atomic E-state index is 0.924. The molecular weight excluding hydrogens is 1600 g/mol. The second-order valence-electron chi connectivity index (χ2n) is 32.9. The molecule has 0 aliphatic carbocycles.